The molecule has 11 heteroatoms. The van der Waals surface area contributed by atoms with Gasteiger partial charge in [0.1, 0.15) is 5.82 Å². The van der Waals surface area contributed by atoms with Crippen LogP contribution in [-0.4, -0.2) is 58.3 Å². The number of carbonyl (C=O) groups is 1. The minimum Gasteiger partial charge on any atom is -0.332 e. The third-order valence-electron chi connectivity index (χ3n) is 5.81. The highest BCUT2D eigenvalue weighted by molar-refractivity contribution is 7.89. The molecular formula is C19H24FN5O4S. The molecule has 162 valence electrons. The minimum absolute atomic E-state index is 0.0157. The number of likely N-dealkylation sites (tertiary alicyclic amines) is 1. The van der Waals surface area contributed by atoms with Crippen LogP contribution in [0.5, 0.6) is 0 Å². The van der Waals surface area contributed by atoms with Gasteiger partial charge in [-0.15, -0.1) is 0 Å². The predicted molar refractivity (Wildman–Crippen MR) is 105 cm³/mol. The van der Waals surface area contributed by atoms with Crippen molar-refractivity contribution in [2.75, 3.05) is 19.6 Å². The molecule has 2 fully saturated rings. The van der Waals surface area contributed by atoms with Gasteiger partial charge in [0.2, 0.25) is 15.9 Å². The number of nitrogens with one attached hydrogen (secondary N) is 2. The Balaban J connectivity index is 1.52. The number of aromatic nitrogens is 3. The molecule has 2 saturated heterocycles. The quantitative estimate of drug-likeness (QED) is 0.749. The fourth-order valence-electron chi connectivity index (χ4n) is 4.27. The SMILES string of the molecule is O=C([C@@H]1CCCN(S(=O)(=O)c2ccc(F)cc2)C1)N1CCCC[C@@H]1c1n[nH]c(=O)[nH]1. The molecule has 2 aliphatic heterocycles. The van der Waals surface area contributed by atoms with Crippen LogP contribution in [0.1, 0.15) is 44.0 Å². The number of hydrogen-bond donors (Lipinski definition) is 2. The summed E-state index contributed by atoms with van der Waals surface area (Å²) in [6.45, 7) is 0.943. The summed E-state index contributed by atoms with van der Waals surface area (Å²) in [7, 11) is -3.81. The second-order valence-electron chi connectivity index (χ2n) is 7.76. The summed E-state index contributed by atoms with van der Waals surface area (Å²) in [5, 5.41) is 6.34. The van der Waals surface area contributed by atoms with Gasteiger partial charge in [0.05, 0.1) is 16.9 Å². The van der Waals surface area contributed by atoms with E-state index in [1.54, 1.807) is 4.90 Å². The van der Waals surface area contributed by atoms with Crippen molar-refractivity contribution in [2.45, 2.75) is 43.0 Å². The molecule has 0 aliphatic carbocycles. The maximum Gasteiger partial charge on any atom is 0.340 e. The normalized spacial score (nSPS) is 23.4. The van der Waals surface area contributed by atoms with E-state index < -0.39 is 27.4 Å². The van der Waals surface area contributed by atoms with Gasteiger partial charge < -0.3 is 4.90 Å². The number of aromatic amines is 2. The molecule has 2 N–H and O–H groups in total. The molecule has 9 nitrogen and oxygen atoms in total. The monoisotopic (exact) mass is 437 g/mol. The Morgan fingerprint density at radius 3 is 2.57 bits per heavy atom. The van der Waals surface area contributed by atoms with Gasteiger partial charge in [0, 0.05) is 19.6 Å². The number of hydrogen-bond acceptors (Lipinski definition) is 5. The summed E-state index contributed by atoms with van der Waals surface area (Å²) >= 11 is 0. The molecule has 2 aromatic rings. The maximum absolute atomic E-state index is 13.3. The number of halogens is 1. The average molecular weight is 437 g/mol. The molecule has 0 saturated carbocycles. The molecule has 2 atom stereocenters. The Kier molecular flexibility index (Phi) is 5.74. The van der Waals surface area contributed by atoms with E-state index in [-0.39, 0.29) is 23.4 Å². The summed E-state index contributed by atoms with van der Waals surface area (Å²) in [5.74, 6) is -0.671. The summed E-state index contributed by atoms with van der Waals surface area (Å²) < 4.78 is 40.4. The Labute approximate surface area is 173 Å². The van der Waals surface area contributed by atoms with E-state index in [1.807, 2.05) is 0 Å². The van der Waals surface area contributed by atoms with Crippen LogP contribution in [-0.2, 0) is 14.8 Å². The van der Waals surface area contributed by atoms with Crippen molar-refractivity contribution in [3.8, 4) is 0 Å². The first-order chi connectivity index (χ1) is 14.4. The number of piperidine rings is 2. The highest BCUT2D eigenvalue weighted by atomic mass is 32.2. The number of nitrogens with zero attached hydrogens (tertiary/aromatic N) is 3. The molecule has 0 radical (unpaired) electrons. The summed E-state index contributed by atoms with van der Waals surface area (Å²) in [5.41, 5.74) is -0.419. The zero-order valence-electron chi connectivity index (χ0n) is 16.4. The van der Waals surface area contributed by atoms with E-state index in [0.717, 1.165) is 25.0 Å². The molecule has 4 rings (SSSR count). The van der Waals surface area contributed by atoms with Crippen molar-refractivity contribution in [3.63, 3.8) is 0 Å². The highest BCUT2D eigenvalue weighted by Gasteiger charge is 2.38. The van der Waals surface area contributed by atoms with Crippen LogP contribution < -0.4 is 5.69 Å². The molecule has 0 spiro atoms. The molecule has 0 bridgehead atoms. The first-order valence-electron chi connectivity index (χ1n) is 10.1. The molecule has 1 aromatic heterocycles. The van der Waals surface area contributed by atoms with Crippen LogP contribution in [0.3, 0.4) is 0 Å². The van der Waals surface area contributed by atoms with Crippen molar-refractivity contribution in [3.05, 3.63) is 46.4 Å². The van der Waals surface area contributed by atoms with Crippen molar-refractivity contribution in [2.24, 2.45) is 5.92 Å². The molecule has 3 heterocycles. The van der Waals surface area contributed by atoms with Gasteiger partial charge >= 0.3 is 5.69 Å². The van der Waals surface area contributed by atoms with Gasteiger partial charge in [0.15, 0.2) is 5.82 Å². The van der Waals surface area contributed by atoms with Crippen molar-refractivity contribution in [1.29, 1.82) is 0 Å². The summed E-state index contributed by atoms with van der Waals surface area (Å²) in [6, 6.07) is 4.38. The first kappa shape index (κ1) is 20.7. The molecule has 1 aromatic carbocycles. The number of rotatable bonds is 4. The second kappa shape index (κ2) is 8.31. The fourth-order valence-corrected chi connectivity index (χ4v) is 5.80. The second-order valence-corrected chi connectivity index (χ2v) is 9.70. The zero-order valence-corrected chi connectivity index (χ0v) is 17.2. The number of carbonyl (C=O) groups excluding carboxylic acids is 1. The van der Waals surface area contributed by atoms with Crippen molar-refractivity contribution < 1.29 is 17.6 Å². The maximum atomic E-state index is 13.3. The van der Waals surface area contributed by atoms with Crippen LogP contribution >= 0.6 is 0 Å². The summed E-state index contributed by atoms with van der Waals surface area (Å²) in [4.78, 5) is 29.1. The van der Waals surface area contributed by atoms with Crippen molar-refractivity contribution >= 4 is 15.9 Å². The van der Waals surface area contributed by atoms with Crippen LogP contribution in [0.25, 0.3) is 0 Å². The lowest BCUT2D eigenvalue weighted by molar-refractivity contribution is -0.140. The van der Waals surface area contributed by atoms with Crippen LogP contribution in [0.2, 0.25) is 0 Å². The third kappa shape index (κ3) is 4.04. The molecule has 0 unspecified atom stereocenters. The topological polar surface area (TPSA) is 119 Å². The molecule has 2 aliphatic rings. The van der Waals surface area contributed by atoms with Gasteiger partial charge in [-0.2, -0.15) is 9.40 Å². The number of sulfonamides is 1. The molecule has 30 heavy (non-hydrogen) atoms. The standard InChI is InChI=1S/C19H24FN5O4S/c20-14-6-8-15(9-7-14)30(28,29)24-10-3-4-13(12-24)18(26)25-11-2-1-5-16(25)17-21-19(27)23-22-17/h6-9,13,16H,1-5,10-12H2,(H2,21,22,23,27)/t13-,16-/m1/s1. The number of amides is 1. The van der Waals surface area contributed by atoms with E-state index in [1.165, 1.54) is 16.4 Å². The lowest BCUT2D eigenvalue weighted by Gasteiger charge is -2.39. The Morgan fingerprint density at radius 1 is 1.10 bits per heavy atom. The first-order valence-corrected chi connectivity index (χ1v) is 11.5. The third-order valence-corrected chi connectivity index (χ3v) is 7.69. The van der Waals surface area contributed by atoms with E-state index in [9.17, 15) is 22.4 Å². The minimum atomic E-state index is -3.81. The number of H-pyrrole nitrogens is 2. The lowest BCUT2D eigenvalue weighted by atomic mass is 9.94. The van der Waals surface area contributed by atoms with Gasteiger partial charge in [-0.3, -0.25) is 9.78 Å². The van der Waals surface area contributed by atoms with Crippen molar-refractivity contribution in [1.82, 2.24) is 24.4 Å². The van der Waals surface area contributed by atoms with E-state index in [2.05, 4.69) is 15.2 Å². The van der Waals surface area contributed by atoms with E-state index in [0.29, 0.717) is 38.2 Å². The average Bonchev–Trinajstić information content (AvgIpc) is 3.20. The summed E-state index contributed by atoms with van der Waals surface area (Å²) in [6.07, 6.45) is 3.61. The smallest absolute Gasteiger partial charge is 0.332 e. The zero-order chi connectivity index (χ0) is 21.3. The Bertz CT molecular complexity index is 1070. The number of benzene rings is 1. The molecular weight excluding hydrogens is 413 g/mol. The van der Waals surface area contributed by atoms with Gasteiger partial charge in [0.25, 0.3) is 0 Å². The predicted octanol–water partition coefficient (Wildman–Crippen LogP) is 1.39. The molecule has 1 amide bonds. The van der Waals surface area contributed by atoms with Gasteiger partial charge in [-0.05, 0) is 56.4 Å². The highest BCUT2D eigenvalue weighted by Crippen LogP contribution is 2.32. The van der Waals surface area contributed by atoms with Crippen LogP contribution in [0.4, 0.5) is 4.39 Å². The van der Waals surface area contributed by atoms with E-state index >= 15 is 0 Å². The largest absolute Gasteiger partial charge is 0.340 e. The fraction of sp³-hybridized carbons (Fsp3) is 0.526. The van der Waals surface area contributed by atoms with E-state index in [4.69, 9.17) is 0 Å². The van der Waals surface area contributed by atoms with Crippen LogP contribution in [0.15, 0.2) is 34.0 Å². The Morgan fingerprint density at radius 2 is 1.87 bits per heavy atom. The Hall–Kier alpha value is -2.53. The lowest BCUT2D eigenvalue weighted by Crippen LogP contribution is -2.48. The van der Waals surface area contributed by atoms with Gasteiger partial charge in [-0.1, -0.05) is 0 Å². The van der Waals surface area contributed by atoms with Gasteiger partial charge in [-0.25, -0.2) is 22.7 Å². The van der Waals surface area contributed by atoms with Crippen LogP contribution in [0, 0.1) is 11.7 Å².